The summed E-state index contributed by atoms with van der Waals surface area (Å²) in [6, 6.07) is 15.4. The van der Waals surface area contributed by atoms with Crippen LogP contribution in [0.1, 0.15) is 18.1 Å². The molecule has 2 aromatic rings. The molecule has 0 aromatic heterocycles. The Bertz CT molecular complexity index is 715. The predicted molar refractivity (Wildman–Crippen MR) is 97.3 cm³/mol. The summed E-state index contributed by atoms with van der Waals surface area (Å²) in [6.45, 7) is 3.77. The Hall–Kier alpha value is -2.27. The van der Waals surface area contributed by atoms with Gasteiger partial charge in [-0.2, -0.15) is 0 Å². The molecule has 24 heavy (non-hydrogen) atoms. The number of thioether (sulfide) groups is 1. The number of rotatable bonds is 7. The summed E-state index contributed by atoms with van der Waals surface area (Å²) >= 11 is 1.41. The van der Waals surface area contributed by atoms with Crippen LogP contribution in [0.25, 0.3) is 0 Å². The zero-order valence-corrected chi connectivity index (χ0v) is 14.7. The second-order valence-corrected chi connectivity index (χ2v) is 6.33. The van der Waals surface area contributed by atoms with E-state index in [9.17, 15) is 9.59 Å². The molecule has 0 saturated heterocycles. The molecule has 0 aliphatic heterocycles. The van der Waals surface area contributed by atoms with Crippen LogP contribution in [-0.2, 0) is 20.7 Å². The topological polar surface area (TPSA) is 55.4 Å². The lowest BCUT2D eigenvalue weighted by Crippen LogP contribution is -2.21. The monoisotopic (exact) mass is 343 g/mol. The Balaban J connectivity index is 1.75. The van der Waals surface area contributed by atoms with E-state index in [0.717, 1.165) is 22.4 Å². The third kappa shape index (κ3) is 5.74. The Labute approximate surface area is 146 Å². The van der Waals surface area contributed by atoms with Crippen molar-refractivity contribution in [1.29, 1.82) is 0 Å². The van der Waals surface area contributed by atoms with Crippen LogP contribution in [0.5, 0.6) is 0 Å². The highest BCUT2D eigenvalue weighted by molar-refractivity contribution is 8.00. The molecule has 0 saturated carbocycles. The summed E-state index contributed by atoms with van der Waals surface area (Å²) in [4.78, 5) is 24.6. The van der Waals surface area contributed by atoms with E-state index in [1.165, 1.54) is 11.8 Å². The minimum absolute atomic E-state index is 0.184. The maximum Gasteiger partial charge on any atom is 0.316 e. The second kappa shape index (κ2) is 9.13. The van der Waals surface area contributed by atoms with Crippen LogP contribution in [0, 0.1) is 6.92 Å². The van der Waals surface area contributed by atoms with E-state index in [1.54, 1.807) is 0 Å². The van der Waals surface area contributed by atoms with E-state index in [2.05, 4.69) is 12.2 Å². The summed E-state index contributed by atoms with van der Waals surface area (Å²) in [5.74, 6) is -0.554. The van der Waals surface area contributed by atoms with Gasteiger partial charge < -0.3 is 10.1 Å². The normalized spacial score (nSPS) is 10.2. The minimum Gasteiger partial charge on any atom is -0.455 e. The van der Waals surface area contributed by atoms with Crippen LogP contribution in [0.15, 0.2) is 53.4 Å². The first-order valence-corrected chi connectivity index (χ1v) is 8.80. The summed E-state index contributed by atoms with van der Waals surface area (Å²) < 4.78 is 5.02. The lowest BCUT2D eigenvalue weighted by atomic mass is 10.1. The quantitative estimate of drug-likeness (QED) is 0.613. The van der Waals surface area contributed by atoms with Crippen LogP contribution in [-0.4, -0.2) is 24.2 Å². The number of amides is 1. The molecule has 0 aliphatic carbocycles. The number of hydrogen-bond acceptors (Lipinski definition) is 4. The average molecular weight is 343 g/mol. The zero-order valence-electron chi connectivity index (χ0n) is 13.9. The van der Waals surface area contributed by atoms with Gasteiger partial charge in [-0.1, -0.05) is 37.3 Å². The predicted octanol–water partition coefficient (Wildman–Crippen LogP) is 3.83. The molecular formula is C19H21NO3S. The molecule has 0 aliphatic rings. The van der Waals surface area contributed by atoms with Gasteiger partial charge in [-0.3, -0.25) is 9.59 Å². The van der Waals surface area contributed by atoms with Gasteiger partial charge in [0.2, 0.25) is 0 Å². The number of ether oxygens (including phenoxy) is 1. The van der Waals surface area contributed by atoms with E-state index in [4.69, 9.17) is 4.74 Å². The molecule has 4 nitrogen and oxygen atoms in total. The van der Waals surface area contributed by atoms with E-state index in [-0.39, 0.29) is 18.3 Å². The van der Waals surface area contributed by atoms with Crippen LogP contribution in [0.2, 0.25) is 0 Å². The Morgan fingerprint density at radius 2 is 1.92 bits per heavy atom. The first-order chi connectivity index (χ1) is 11.6. The van der Waals surface area contributed by atoms with Crippen molar-refractivity contribution in [3.8, 4) is 0 Å². The lowest BCUT2D eigenvalue weighted by molar-refractivity contribution is -0.144. The van der Waals surface area contributed by atoms with E-state index in [0.29, 0.717) is 5.69 Å². The molecule has 0 atom stereocenters. The van der Waals surface area contributed by atoms with Gasteiger partial charge in [0.1, 0.15) is 0 Å². The standard InChI is InChI=1S/C19H21NO3S/c1-3-15-8-6-9-16(11-15)20-18(21)12-23-19(22)13-24-17-10-5-4-7-14(17)2/h4-11H,3,12-13H2,1-2H3,(H,20,21). The van der Waals surface area contributed by atoms with Gasteiger partial charge >= 0.3 is 5.97 Å². The molecule has 0 fully saturated rings. The van der Waals surface area contributed by atoms with E-state index >= 15 is 0 Å². The van der Waals surface area contributed by atoms with Crippen molar-refractivity contribution in [3.63, 3.8) is 0 Å². The van der Waals surface area contributed by atoms with Crippen LogP contribution in [0.3, 0.4) is 0 Å². The number of aryl methyl sites for hydroxylation is 2. The number of nitrogens with one attached hydrogen (secondary N) is 1. The van der Waals surface area contributed by atoms with E-state index < -0.39 is 5.97 Å². The molecule has 2 aromatic carbocycles. The van der Waals surface area contributed by atoms with Gasteiger partial charge in [0.15, 0.2) is 6.61 Å². The smallest absolute Gasteiger partial charge is 0.316 e. The van der Waals surface area contributed by atoms with Crippen LogP contribution in [0.4, 0.5) is 5.69 Å². The van der Waals surface area contributed by atoms with Crippen molar-refractivity contribution < 1.29 is 14.3 Å². The summed E-state index contributed by atoms with van der Waals surface area (Å²) in [7, 11) is 0. The lowest BCUT2D eigenvalue weighted by Gasteiger charge is -2.08. The summed E-state index contributed by atoms with van der Waals surface area (Å²) in [5.41, 5.74) is 2.97. The van der Waals surface area contributed by atoms with Gasteiger partial charge in [0, 0.05) is 10.6 Å². The van der Waals surface area contributed by atoms with Gasteiger partial charge in [0.25, 0.3) is 5.91 Å². The molecule has 126 valence electrons. The minimum atomic E-state index is -0.402. The molecule has 1 N–H and O–H groups in total. The van der Waals surface area contributed by atoms with Crippen molar-refractivity contribution in [2.45, 2.75) is 25.2 Å². The Morgan fingerprint density at radius 3 is 2.67 bits per heavy atom. The third-order valence-corrected chi connectivity index (χ3v) is 4.57. The molecular weight excluding hydrogens is 322 g/mol. The number of carbonyl (C=O) groups excluding carboxylic acids is 2. The number of anilines is 1. The van der Waals surface area contributed by atoms with Crippen molar-refractivity contribution in [3.05, 3.63) is 59.7 Å². The fourth-order valence-corrected chi connectivity index (χ4v) is 2.94. The molecule has 0 heterocycles. The molecule has 5 heteroatoms. The SMILES string of the molecule is CCc1cccc(NC(=O)COC(=O)CSc2ccccc2C)c1. The highest BCUT2D eigenvalue weighted by Gasteiger charge is 2.09. The molecule has 0 spiro atoms. The fourth-order valence-electron chi connectivity index (χ4n) is 2.11. The van der Waals surface area contributed by atoms with Crippen LogP contribution >= 0.6 is 11.8 Å². The largest absolute Gasteiger partial charge is 0.455 e. The van der Waals surface area contributed by atoms with Crippen molar-refractivity contribution in [2.75, 3.05) is 17.7 Å². The number of hydrogen-bond donors (Lipinski definition) is 1. The van der Waals surface area contributed by atoms with Crippen LogP contribution < -0.4 is 5.32 Å². The van der Waals surface area contributed by atoms with Crippen molar-refractivity contribution in [1.82, 2.24) is 0 Å². The van der Waals surface area contributed by atoms with Gasteiger partial charge in [-0.25, -0.2) is 0 Å². The average Bonchev–Trinajstić information content (AvgIpc) is 2.59. The Morgan fingerprint density at radius 1 is 1.12 bits per heavy atom. The van der Waals surface area contributed by atoms with Crippen molar-refractivity contribution >= 4 is 29.3 Å². The number of benzene rings is 2. The van der Waals surface area contributed by atoms with E-state index in [1.807, 2.05) is 55.5 Å². The summed E-state index contributed by atoms with van der Waals surface area (Å²) in [6.07, 6.45) is 0.898. The highest BCUT2D eigenvalue weighted by atomic mass is 32.2. The molecule has 1 amide bonds. The van der Waals surface area contributed by atoms with Gasteiger partial charge in [-0.15, -0.1) is 11.8 Å². The summed E-state index contributed by atoms with van der Waals surface area (Å²) in [5, 5.41) is 2.73. The highest BCUT2D eigenvalue weighted by Crippen LogP contribution is 2.21. The Kier molecular flexibility index (Phi) is 6.88. The zero-order chi connectivity index (χ0) is 17.4. The molecule has 0 radical (unpaired) electrons. The maximum absolute atomic E-state index is 11.8. The third-order valence-electron chi connectivity index (χ3n) is 3.42. The van der Waals surface area contributed by atoms with Crippen molar-refractivity contribution in [2.24, 2.45) is 0 Å². The first kappa shape index (κ1) is 18.1. The number of carbonyl (C=O) groups is 2. The first-order valence-electron chi connectivity index (χ1n) is 7.81. The maximum atomic E-state index is 11.8. The van der Waals surface area contributed by atoms with Gasteiger partial charge in [-0.05, 0) is 42.7 Å². The van der Waals surface area contributed by atoms with Gasteiger partial charge in [0.05, 0.1) is 5.75 Å². The molecule has 0 unspecified atom stereocenters. The molecule has 2 rings (SSSR count). The second-order valence-electron chi connectivity index (χ2n) is 5.32. The fraction of sp³-hybridized carbons (Fsp3) is 0.263. The molecule has 0 bridgehead atoms. The number of esters is 1.